The fourth-order valence-electron chi connectivity index (χ4n) is 2.15. The molecule has 0 bridgehead atoms. The fourth-order valence-corrected chi connectivity index (χ4v) is 2.15. The van der Waals surface area contributed by atoms with Crippen LogP contribution in [0.25, 0.3) is 0 Å². The van der Waals surface area contributed by atoms with Crippen LogP contribution in [0.4, 0.5) is 13.2 Å². The van der Waals surface area contributed by atoms with Crippen LogP contribution in [0.3, 0.4) is 0 Å². The van der Waals surface area contributed by atoms with E-state index in [0.29, 0.717) is 0 Å². The summed E-state index contributed by atoms with van der Waals surface area (Å²) in [5.41, 5.74) is 0.427. The van der Waals surface area contributed by atoms with Gasteiger partial charge in [-0.15, -0.1) is 0 Å². The molecule has 0 heterocycles. The molecule has 2 rings (SSSR count). The highest BCUT2D eigenvalue weighted by atomic mass is 19.4. The number of nitrogens with zero attached hydrogens (tertiary/aromatic N) is 1. The van der Waals surface area contributed by atoms with Crippen LogP contribution in [0.2, 0.25) is 0 Å². The van der Waals surface area contributed by atoms with E-state index in [1.165, 1.54) is 0 Å². The Bertz CT molecular complexity index is 303. The first-order chi connectivity index (χ1) is 7.97. The second-order valence-corrected chi connectivity index (χ2v) is 4.77. The van der Waals surface area contributed by atoms with Crippen LogP contribution in [-0.2, 0) is 0 Å². The zero-order valence-electron chi connectivity index (χ0n) is 9.48. The zero-order chi connectivity index (χ0) is 12.5. The van der Waals surface area contributed by atoms with E-state index in [1.54, 1.807) is 0 Å². The number of hydrogen-bond donors (Lipinski definition) is 3. The van der Waals surface area contributed by atoms with Gasteiger partial charge in [0.15, 0.2) is 0 Å². The Morgan fingerprint density at radius 2 is 1.82 bits per heavy atom. The summed E-state index contributed by atoms with van der Waals surface area (Å²) in [6.45, 7) is 0. The Morgan fingerprint density at radius 1 is 1.24 bits per heavy atom. The van der Waals surface area contributed by atoms with E-state index in [4.69, 9.17) is 5.84 Å². The van der Waals surface area contributed by atoms with E-state index in [2.05, 4.69) is 15.7 Å². The molecule has 2 saturated carbocycles. The molecular formula is C10H17F3N4. The maximum atomic E-state index is 12.7. The molecule has 0 unspecified atom stereocenters. The molecule has 2 aliphatic carbocycles. The molecule has 4 nitrogen and oxygen atoms in total. The van der Waals surface area contributed by atoms with Crippen molar-refractivity contribution in [1.82, 2.24) is 10.7 Å². The summed E-state index contributed by atoms with van der Waals surface area (Å²) < 4.78 is 38.2. The van der Waals surface area contributed by atoms with Crippen LogP contribution >= 0.6 is 0 Å². The van der Waals surface area contributed by atoms with Crippen molar-refractivity contribution in [3.05, 3.63) is 0 Å². The van der Waals surface area contributed by atoms with Crippen molar-refractivity contribution < 1.29 is 13.2 Å². The largest absolute Gasteiger partial charge is 0.411 e. The minimum atomic E-state index is -4.25. The average molecular weight is 250 g/mol. The lowest BCUT2D eigenvalue weighted by Crippen LogP contribution is -2.54. The van der Waals surface area contributed by atoms with Crippen LogP contribution in [0.15, 0.2) is 4.99 Å². The predicted molar refractivity (Wildman–Crippen MR) is 58.2 cm³/mol. The third kappa shape index (κ3) is 2.65. The highest BCUT2D eigenvalue weighted by Gasteiger charge is 2.64. The third-order valence-corrected chi connectivity index (χ3v) is 3.42. The second kappa shape index (κ2) is 4.36. The molecule has 7 heteroatoms. The zero-order valence-corrected chi connectivity index (χ0v) is 9.48. The Kier molecular flexibility index (Phi) is 3.20. The highest BCUT2D eigenvalue weighted by Crippen LogP contribution is 2.48. The number of alkyl halides is 3. The van der Waals surface area contributed by atoms with Gasteiger partial charge in [0, 0.05) is 0 Å². The van der Waals surface area contributed by atoms with Crippen LogP contribution < -0.4 is 16.6 Å². The van der Waals surface area contributed by atoms with Gasteiger partial charge in [0.25, 0.3) is 0 Å². The van der Waals surface area contributed by atoms with Crippen molar-refractivity contribution in [3.63, 3.8) is 0 Å². The van der Waals surface area contributed by atoms with Crippen molar-refractivity contribution in [1.29, 1.82) is 0 Å². The van der Waals surface area contributed by atoms with Crippen LogP contribution in [0.1, 0.15) is 38.5 Å². The van der Waals surface area contributed by atoms with Crippen LogP contribution in [0.5, 0.6) is 0 Å². The van der Waals surface area contributed by atoms with Crippen LogP contribution in [0, 0.1) is 0 Å². The molecule has 0 amide bonds. The van der Waals surface area contributed by atoms with Crippen molar-refractivity contribution >= 4 is 5.96 Å². The molecule has 0 aliphatic heterocycles. The summed E-state index contributed by atoms with van der Waals surface area (Å²) >= 11 is 0. The smallest absolute Gasteiger partial charge is 0.341 e. The first-order valence-electron chi connectivity index (χ1n) is 5.86. The molecule has 0 saturated heterocycles. The molecule has 2 fully saturated rings. The van der Waals surface area contributed by atoms with Gasteiger partial charge < -0.3 is 5.32 Å². The van der Waals surface area contributed by atoms with Gasteiger partial charge in [-0.05, 0) is 25.7 Å². The quantitative estimate of drug-likeness (QED) is 0.301. The SMILES string of the molecule is NNC(=NC1CCCC1)NC1(C(F)(F)F)CC1. The monoisotopic (exact) mass is 250 g/mol. The molecular weight excluding hydrogens is 233 g/mol. The van der Waals surface area contributed by atoms with Gasteiger partial charge in [0.2, 0.25) is 5.96 Å². The molecule has 0 radical (unpaired) electrons. The van der Waals surface area contributed by atoms with Crippen molar-refractivity contribution in [2.24, 2.45) is 10.8 Å². The molecule has 0 aromatic rings. The summed E-state index contributed by atoms with van der Waals surface area (Å²) in [6.07, 6.45) is -0.0748. The topological polar surface area (TPSA) is 62.4 Å². The molecule has 0 atom stereocenters. The van der Waals surface area contributed by atoms with Gasteiger partial charge >= 0.3 is 6.18 Å². The molecule has 0 aromatic carbocycles. The number of rotatable bonds is 2. The molecule has 4 N–H and O–H groups in total. The van der Waals surface area contributed by atoms with E-state index in [0.717, 1.165) is 25.7 Å². The number of aliphatic imine (C=N–C) groups is 1. The Balaban J connectivity index is 2.00. The van der Waals surface area contributed by atoms with E-state index in [-0.39, 0.29) is 24.8 Å². The Labute approximate surface area is 97.8 Å². The lowest BCUT2D eigenvalue weighted by molar-refractivity contribution is -0.161. The van der Waals surface area contributed by atoms with Gasteiger partial charge in [0.1, 0.15) is 5.54 Å². The third-order valence-electron chi connectivity index (χ3n) is 3.42. The molecule has 0 spiro atoms. The summed E-state index contributed by atoms with van der Waals surface area (Å²) in [7, 11) is 0. The van der Waals surface area contributed by atoms with Crippen molar-refractivity contribution in [3.8, 4) is 0 Å². The molecule has 98 valence electrons. The summed E-state index contributed by atoms with van der Waals surface area (Å²) in [5, 5.41) is 2.41. The van der Waals surface area contributed by atoms with Gasteiger partial charge in [-0.25, -0.2) is 10.8 Å². The van der Waals surface area contributed by atoms with E-state index in [9.17, 15) is 13.2 Å². The lowest BCUT2D eigenvalue weighted by Gasteiger charge is -2.23. The highest BCUT2D eigenvalue weighted by molar-refractivity contribution is 5.80. The van der Waals surface area contributed by atoms with Gasteiger partial charge in [-0.2, -0.15) is 13.2 Å². The fraction of sp³-hybridized carbons (Fsp3) is 0.900. The summed E-state index contributed by atoms with van der Waals surface area (Å²) in [4.78, 5) is 4.20. The normalized spacial score (nSPS) is 24.8. The summed E-state index contributed by atoms with van der Waals surface area (Å²) in [5.74, 6) is 5.28. The number of nitrogens with one attached hydrogen (secondary N) is 2. The van der Waals surface area contributed by atoms with Crippen LogP contribution in [-0.4, -0.2) is 23.7 Å². The predicted octanol–water partition coefficient (Wildman–Crippen LogP) is 1.43. The lowest BCUT2D eigenvalue weighted by atomic mass is 10.2. The minimum Gasteiger partial charge on any atom is -0.341 e. The van der Waals surface area contributed by atoms with Gasteiger partial charge in [-0.1, -0.05) is 12.8 Å². The first kappa shape index (κ1) is 12.5. The summed E-state index contributed by atoms with van der Waals surface area (Å²) in [6, 6.07) is 0.0950. The van der Waals surface area contributed by atoms with Crippen molar-refractivity contribution in [2.75, 3.05) is 0 Å². The van der Waals surface area contributed by atoms with E-state index in [1.807, 2.05) is 0 Å². The number of halogens is 3. The maximum absolute atomic E-state index is 12.7. The number of hydrazine groups is 1. The molecule has 17 heavy (non-hydrogen) atoms. The molecule has 0 aromatic heterocycles. The molecule has 2 aliphatic rings. The maximum Gasteiger partial charge on any atom is 0.411 e. The second-order valence-electron chi connectivity index (χ2n) is 4.77. The first-order valence-corrected chi connectivity index (χ1v) is 5.86. The van der Waals surface area contributed by atoms with E-state index >= 15 is 0 Å². The Hall–Kier alpha value is -0.980. The average Bonchev–Trinajstić information content (AvgIpc) is 2.86. The number of guanidine groups is 1. The number of nitrogens with two attached hydrogens (primary N) is 1. The number of hydrogen-bond acceptors (Lipinski definition) is 2. The van der Waals surface area contributed by atoms with Gasteiger partial charge in [0.05, 0.1) is 6.04 Å². The standard InChI is InChI=1S/C10H17F3N4/c11-10(12,13)9(5-6-9)16-8(17-14)15-7-3-1-2-4-7/h7H,1-6,14H2,(H2,15,16,17). The van der Waals surface area contributed by atoms with Gasteiger partial charge in [-0.3, -0.25) is 5.43 Å². The minimum absolute atomic E-state index is 0.0618. The Morgan fingerprint density at radius 3 is 2.24 bits per heavy atom. The van der Waals surface area contributed by atoms with Crippen molar-refractivity contribution in [2.45, 2.75) is 56.3 Å². The van der Waals surface area contributed by atoms with E-state index < -0.39 is 11.7 Å².